The third-order valence-electron chi connectivity index (χ3n) is 6.56. The maximum atomic E-state index is 15.0. The molecule has 33 heavy (non-hydrogen) atoms. The molecule has 0 spiro atoms. The third kappa shape index (κ3) is 4.54. The Bertz CT molecular complexity index is 1160. The number of hydrogen-bond acceptors (Lipinski definition) is 1. The number of allylic oxidation sites excluding steroid dienone is 2. The number of halogens is 4. The lowest BCUT2D eigenvalue weighted by molar-refractivity contribution is 0.364. The van der Waals surface area contributed by atoms with Crippen molar-refractivity contribution in [3.05, 3.63) is 89.5 Å². The molecule has 0 atom stereocenters. The number of ether oxygens (including phenoxy) is 1. The molecule has 0 heterocycles. The summed E-state index contributed by atoms with van der Waals surface area (Å²) in [7, 11) is 1.26. The first kappa shape index (κ1) is 23.1. The second-order valence-corrected chi connectivity index (χ2v) is 8.49. The van der Waals surface area contributed by atoms with Crippen molar-refractivity contribution in [2.45, 2.75) is 38.5 Å². The SMILES string of the molecule is CC=CC1CCC(c2ccc(-c3ccc(-c4ccc(OC)c(F)c4F)cc3)c(F)c2F)CC1. The number of methoxy groups -OCH3 is 1. The lowest BCUT2D eigenvalue weighted by Gasteiger charge is -2.27. The van der Waals surface area contributed by atoms with E-state index in [0.29, 0.717) is 22.6 Å². The summed E-state index contributed by atoms with van der Waals surface area (Å²) in [5.41, 5.74) is 1.53. The maximum absolute atomic E-state index is 15.0. The zero-order valence-corrected chi connectivity index (χ0v) is 18.7. The van der Waals surface area contributed by atoms with Gasteiger partial charge in [0.25, 0.3) is 0 Å². The molecule has 1 saturated carbocycles. The van der Waals surface area contributed by atoms with Crippen LogP contribution in [0.25, 0.3) is 22.3 Å². The molecule has 3 aromatic carbocycles. The van der Waals surface area contributed by atoms with Crippen LogP contribution in [0.4, 0.5) is 17.6 Å². The Morgan fingerprint density at radius 2 is 1.24 bits per heavy atom. The molecule has 0 amide bonds. The highest BCUT2D eigenvalue weighted by Crippen LogP contribution is 2.39. The third-order valence-corrected chi connectivity index (χ3v) is 6.56. The Hall–Kier alpha value is -3.08. The summed E-state index contributed by atoms with van der Waals surface area (Å²) in [6, 6.07) is 12.3. The van der Waals surface area contributed by atoms with Gasteiger partial charge in [0, 0.05) is 11.1 Å². The van der Waals surface area contributed by atoms with Gasteiger partial charge in [0.15, 0.2) is 23.2 Å². The highest BCUT2D eigenvalue weighted by molar-refractivity contribution is 5.71. The fourth-order valence-corrected chi connectivity index (χ4v) is 4.74. The van der Waals surface area contributed by atoms with Crippen molar-refractivity contribution in [2.24, 2.45) is 5.92 Å². The van der Waals surface area contributed by atoms with Crippen molar-refractivity contribution in [1.29, 1.82) is 0 Å². The molecule has 0 saturated heterocycles. The summed E-state index contributed by atoms with van der Waals surface area (Å²) in [5, 5.41) is 0. The largest absolute Gasteiger partial charge is 0.494 e. The van der Waals surface area contributed by atoms with Crippen LogP contribution in [0.3, 0.4) is 0 Å². The highest BCUT2D eigenvalue weighted by atomic mass is 19.2. The van der Waals surface area contributed by atoms with Crippen LogP contribution in [0.1, 0.15) is 44.1 Å². The van der Waals surface area contributed by atoms with Crippen molar-refractivity contribution in [3.8, 4) is 28.0 Å². The summed E-state index contributed by atoms with van der Waals surface area (Å²) < 4.78 is 63.2. The van der Waals surface area contributed by atoms with E-state index in [1.54, 1.807) is 36.4 Å². The van der Waals surface area contributed by atoms with Crippen LogP contribution >= 0.6 is 0 Å². The van der Waals surface area contributed by atoms with Gasteiger partial charge in [0.1, 0.15) is 0 Å². The van der Waals surface area contributed by atoms with Gasteiger partial charge in [-0.3, -0.25) is 0 Å². The molecular weight excluding hydrogens is 428 g/mol. The van der Waals surface area contributed by atoms with E-state index in [1.165, 1.54) is 19.2 Å². The van der Waals surface area contributed by atoms with Gasteiger partial charge in [-0.05, 0) is 73.3 Å². The molecule has 5 heteroatoms. The zero-order chi connectivity index (χ0) is 23.5. The summed E-state index contributed by atoms with van der Waals surface area (Å²) >= 11 is 0. The molecular formula is C28H26F4O. The summed E-state index contributed by atoms with van der Waals surface area (Å²) in [6.07, 6.45) is 7.85. The molecule has 0 radical (unpaired) electrons. The van der Waals surface area contributed by atoms with Gasteiger partial charge in [0.2, 0.25) is 5.82 Å². The van der Waals surface area contributed by atoms with Crippen LogP contribution in [0.15, 0.2) is 60.7 Å². The lowest BCUT2D eigenvalue weighted by atomic mass is 9.78. The van der Waals surface area contributed by atoms with Crippen molar-refractivity contribution < 1.29 is 22.3 Å². The van der Waals surface area contributed by atoms with Gasteiger partial charge < -0.3 is 4.74 Å². The fraction of sp³-hybridized carbons (Fsp3) is 0.286. The van der Waals surface area contributed by atoms with E-state index >= 15 is 4.39 Å². The second-order valence-electron chi connectivity index (χ2n) is 8.49. The summed E-state index contributed by atoms with van der Waals surface area (Å²) in [5.74, 6) is -3.41. The zero-order valence-electron chi connectivity index (χ0n) is 18.7. The Balaban J connectivity index is 1.58. The van der Waals surface area contributed by atoms with E-state index in [0.717, 1.165) is 25.7 Å². The average molecular weight is 455 g/mol. The Morgan fingerprint density at radius 3 is 1.79 bits per heavy atom. The molecule has 1 nitrogen and oxygen atoms in total. The minimum Gasteiger partial charge on any atom is -0.494 e. The first-order valence-electron chi connectivity index (χ1n) is 11.2. The number of benzene rings is 3. The van der Waals surface area contributed by atoms with E-state index in [-0.39, 0.29) is 22.8 Å². The highest BCUT2D eigenvalue weighted by Gasteiger charge is 2.25. The maximum Gasteiger partial charge on any atom is 0.201 e. The normalized spacial score (nSPS) is 18.6. The van der Waals surface area contributed by atoms with E-state index in [1.807, 2.05) is 13.0 Å². The minimum absolute atomic E-state index is 0.0189. The molecule has 0 aliphatic heterocycles. The topological polar surface area (TPSA) is 9.23 Å². The van der Waals surface area contributed by atoms with Crippen LogP contribution in [0, 0.1) is 29.2 Å². The summed E-state index contributed by atoms with van der Waals surface area (Å²) in [6.45, 7) is 2.00. The first-order chi connectivity index (χ1) is 15.9. The van der Waals surface area contributed by atoms with Crippen molar-refractivity contribution in [3.63, 3.8) is 0 Å². The lowest BCUT2D eigenvalue weighted by Crippen LogP contribution is -2.13. The van der Waals surface area contributed by atoms with Crippen molar-refractivity contribution >= 4 is 0 Å². The van der Waals surface area contributed by atoms with Gasteiger partial charge in [-0.25, -0.2) is 13.2 Å². The smallest absolute Gasteiger partial charge is 0.201 e. The Kier molecular flexibility index (Phi) is 6.87. The van der Waals surface area contributed by atoms with Gasteiger partial charge in [-0.2, -0.15) is 4.39 Å². The van der Waals surface area contributed by atoms with E-state index in [2.05, 4.69) is 6.08 Å². The molecule has 4 rings (SSSR count). The van der Waals surface area contributed by atoms with E-state index in [9.17, 15) is 13.2 Å². The van der Waals surface area contributed by atoms with Crippen LogP contribution in [0.2, 0.25) is 0 Å². The standard InChI is InChI=1S/C28H26F4O/c1-3-4-17-5-7-18(8-6-17)21-13-14-22(26(30)25(21)29)19-9-11-20(12-10-19)23-15-16-24(33-2)28(32)27(23)31/h3-4,9-18H,5-8H2,1-2H3. The summed E-state index contributed by atoms with van der Waals surface area (Å²) in [4.78, 5) is 0. The molecule has 0 bridgehead atoms. The van der Waals surface area contributed by atoms with Crippen LogP contribution in [-0.2, 0) is 0 Å². The minimum atomic E-state index is -1.07. The molecule has 172 valence electrons. The van der Waals surface area contributed by atoms with Gasteiger partial charge in [0.05, 0.1) is 7.11 Å². The average Bonchev–Trinajstić information content (AvgIpc) is 2.84. The molecule has 1 fully saturated rings. The number of rotatable bonds is 5. The fourth-order valence-electron chi connectivity index (χ4n) is 4.74. The molecule has 1 aliphatic carbocycles. The van der Waals surface area contributed by atoms with E-state index < -0.39 is 23.3 Å². The Labute approximate surface area is 191 Å². The number of hydrogen-bond donors (Lipinski definition) is 0. The van der Waals surface area contributed by atoms with E-state index in [4.69, 9.17) is 4.74 Å². The van der Waals surface area contributed by atoms with Crippen LogP contribution < -0.4 is 4.74 Å². The van der Waals surface area contributed by atoms with Gasteiger partial charge >= 0.3 is 0 Å². The molecule has 0 N–H and O–H groups in total. The molecule has 0 unspecified atom stereocenters. The predicted octanol–water partition coefficient (Wildman–Crippen LogP) is 8.44. The Morgan fingerprint density at radius 1 is 0.697 bits per heavy atom. The van der Waals surface area contributed by atoms with Crippen LogP contribution in [0.5, 0.6) is 5.75 Å². The first-order valence-corrected chi connectivity index (χ1v) is 11.2. The van der Waals surface area contributed by atoms with Gasteiger partial charge in [-0.15, -0.1) is 0 Å². The molecule has 3 aromatic rings. The molecule has 1 aliphatic rings. The second kappa shape index (κ2) is 9.82. The quantitative estimate of drug-likeness (QED) is 0.278. The predicted molar refractivity (Wildman–Crippen MR) is 123 cm³/mol. The van der Waals surface area contributed by atoms with Crippen molar-refractivity contribution in [1.82, 2.24) is 0 Å². The van der Waals surface area contributed by atoms with Crippen molar-refractivity contribution in [2.75, 3.05) is 7.11 Å². The van der Waals surface area contributed by atoms with Gasteiger partial charge in [-0.1, -0.05) is 48.6 Å². The van der Waals surface area contributed by atoms with Crippen LogP contribution in [-0.4, -0.2) is 7.11 Å². The monoisotopic (exact) mass is 454 g/mol. The molecule has 0 aromatic heterocycles.